The van der Waals surface area contributed by atoms with Crippen molar-refractivity contribution in [1.82, 2.24) is 25.1 Å². The van der Waals surface area contributed by atoms with Gasteiger partial charge in [-0.05, 0) is 40.2 Å². The van der Waals surface area contributed by atoms with Gasteiger partial charge in [0, 0.05) is 44.8 Å². The molecule has 0 atom stereocenters. The van der Waals surface area contributed by atoms with Crippen LogP contribution in [-0.4, -0.2) is 51.3 Å². The van der Waals surface area contributed by atoms with E-state index in [1.165, 1.54) is 0 Å². The van der Waals surface area contributed by atoms with Crippen LogP contribution in [0.5, 0.6) is 0 Å². The highest BCUT2D eigenvalue weighted by Crippen LogP contribution is 2.19. The van der Waals surface area contributed by atoms with Crippen molar-refractivity contribution < 1.29 is 0 Å². The van der Waals surface area contributed by atoms with Crippen LogP contribution < -0.4 is 9.80 Å². The SMILES string of the molecule is Brc1cnc(N2CCN(c3ccc(-c4ccccn4)nn3)CC2)nc1. The van der Waals surface area contributed by atoms with E-state index < -0.39 is 0 Å². The van der Waals surface area contributed by atoms with Gasteiger partial charge in [0.25, 0.3) is 0 Å². The van der Waals surface area contributed by atoms with Crippen molar-refractivity contribution in [2.45, 2.75) is 0 Å². The Balaban J connectivity index is 1.41. The Morgan fingerprint density at radius 2 is 1.52 bits per heavy atom. The van der Waals surface area contributed by atoms with E-state index >= 15 is 0 Å². The van der Waals surface area contributed by atoms with E-state index in [0.29, 0.717) is 0 Å². The van der Waals surface area contributed by atoms with Crippen molar-refractivity contribution in [3.8, 4) is 11.4 Å². The Bertz CT molecular complexity index is 816. The van der Waals surface area contributed by atoms with E-state index in [4.69, 9.17) is 0 Å². The van der Waals surface area contributed by atoms with Gasteiger partial charge in [-0.1, -0.05) is 6.07 Å². The van der Waals surface area contributed by atoms with E-state index in [0.717, 1.165) is 53.8 Å². The average molecular weight is 398 g/mol. The second-order valence-electron chi connectivity index (χ2n) is 5.67. The summed E-state index contributed by atoms with van der Waals surface area (Å²) in [6.07, 6.45) is 5.31. The molecule has 0 N–H and O–H groups in total. The Morgan fingerprint density at radius 1 is 0.760 bits per heavy atom. The highest BCUT2D eigenvalue weighted by Gasteiger charge is 2.20. The predicted octanol–water partition coefficient (Wildman–Crippen LogP) is 2.42. The van der Waals surface area contributed by atoms with Crippen molar-refractivity contribution in [1.29, 1.82) is 0 Å². The zero-order valence-electron chi connectivity index (χ0n) is 13.5. The molecule has 0 aliphatic carbocycles. The van der Waals surface area contributed by atoms with Crippen LogP contribution in [0.15, 0.2) is 53.4 Å². The highest BCUT2D eigenvalue weighted by molar-refractivity contribution is 9.10. The number of rotatable bonds is 3. The Hall–Kier alpha value is -2.61. The van der Waals surface area contributed by atoms with Crippen LogP contribution in [0.25, 0.3) is 11.4 Å². The first-order valence-corrected chi connectivity index (χ1v) is 8.81. The molecule has 0 unspecified atom stereocenters. The van der Waals surface area contributed by atoms with Gasteiger partial charge < -0.3 is 9.80 Å². The molecule has 25 heavy (non-hydrogen) atoms. The quantitative estimate of drug-likeness (QED) is 0.671. The van der Waals surface area contributed by atoms with E-state index in [9.17, 15) is 0 Å². The van der Waals surface area contributed by atoms with Crippen molar-refractivity contribution in [3.05, 3.63) is 53.4 Å². The Morgan fingerprint density at radius 3 is 2.16 bits per heavy atom. The van der Waals surface area contributed by atoms with E-state index in [2.05, 4.69) is 50.9 Å². The third kappa shape index (κ3) is 3.58. The zero-order valence-corrected chi connectivity index (χ0v) is 15.0. The molecule has 1 aliphatic heterocycles. The zero-order chi connectivity index (χ0) is 17.1. The lowest BCUT2D eigenvalue weighted by Gasteiger charge is -2.35. The third-order valence-corrected chi connectivity index (χ3v) is 4.48. The van der Waals surface area contributed by atoms with Gasteiger partial charge in [0.05, 0.1) is 10.2 Å². The fraction of sp³-hybridized carbons (Fsp3) is 0.235. The van der Waals surface area contributed by atoms with Crippen LogP contribution in [0.3, 0.4) is 0 Å². The molecule has 0 radical (unpaired) electrons. The normalized spacial score (nSPS) is 14.6. The Labute approximate surface area is 153 Å². The summed E-state index contributed by atoms with van der Waals surface area (Å²) in [6.45, 7) is 3.42. The molecule has 1 aliphatic rings. The summed E-state index contributed by atoms with van der Waals surface area (Å²) in [7, 11) is 0. The standard InChI is InChI=1S/C17H16BrN7/c18-13-11-20-17(21-12-13)25-9-7-24(8-10-25)16-5-4-15(22-23-16)14-3-1-2-6-19-14/h1-6,11-12H,7-10H2. The molecule has 4 heterocycles. The van der Waals surface area contributed by atoms with Crippen LogP contribution in [0.4, 0.5) is 11.8 Å². The molecule has 0 spiro atoms. The summed E-state index contributed by atoms with van der Waals surface area (Å²) in [4.78, 5) is 17.4. The largest absolute Gasteiger partial charge is 0.352 e. The van der Waals surface area contributed by atoms with Gasteiger partial charge in [-0.2, -0.15) is 0 Å². The minimum Gasteiger partial charge on any atom is -0.352 e. The Kier molecular flexibility index (Phi) is 4.51. The number of aromatic nitrogens is 5. The molecule has 3 aromatic heterocycles. The molecule has 0 saturated carbocycles. The monoisotopic (exact) mass is 397 g/mol. The van der Waals surface area contributed by atoms with Gasteiger partial charge >= 0.3 is 0 Å². The fourth-order valence-corrected chi connectivity index (χ4v) is 2.95. The van der Waals surface area contributed by atoms with Crippen molar-refractivity contribution >= 4 is 27.7 Å². The summed E-state index contributed by atoms with van der Waals surface area (Å²) >= 11 is 3.36. The lowest BCUT2D eigenvalue weighted by molar-refractivity contribution is 0.631. The smallest absolute Gasteiger partial charge is 0.225 e. The molecule has 126 valence electrons. The topological polar surface area (TPSA) is 70.9 Å². The van der Waals surface area contributed by atoms with Gasteiger partial charge in [0.1, 0.15) is 5.69 Å². The maximum Gasteiger partial charge on any atom is 0.225 e. The minimum absolute atomic E-state index is 0.763. The molecule has 1 fully saturated rings. The lowest BCUT2D eigenvalue weighted by Crippen LogP contribution is -2.47. The van der Waals surface area contributed by atoms with Crippen LogP contribution >= 0.6 is 15.9 Å². The van der Waals surface area contributed by atoms with Gasteiger partial charge in [0.2, 0.25) is 5.95 Å². The number of piperazine rings is 1. The van der Waals surface area contributed by atoms with Crippen molar-refractivity contribution in [2.24, 2.45) is 0 Å². The van der Waals surface area contributed by atoms with Crippen LogP contribution in [0, 0.1) is 0 Å². The van der Waals surface area contributed by atoms with Crippen molar-refractivity contribution in [3.63, 3.8) is 0 Å². The molecule has 7 nitrogen and oxygen atoms in total. The molecule has 0 amide bonds. The van der Waals surface area contributed by atoms with E-state index in [-0.39, 0.29) is 0 Å². The van der Waals surface area contributed by atoms with Gasteiger partial charge in [-0.25, -0.2) is 9.97 Å². The second-order valence-corrected chi connectivity index (χ2v) is 6.58. The molecule has 1 saturated heterocycles. The van der Waals surface area contributed by atoms with Crippen LogP contribution in [0.2, 0.25) is 0 Å². The average Bonchev–Trinajstić information content (AvgIpc) is 2.70. The maximum absolute atomic E-state index is 4.37. The first kappa shape index (κ1) is 15.9. The molecule has 8 heteroatoms. The van der Waals surface area contributed by atoms with Crippen LogP contribution in [0.1, 0.15) is 0 Å². The number of hydrogen-bond acceptors (Lipinski definition) is 7. The fourth-order valence-electron chi connectivity index (χ4n) is 2.75. The lowest BCUT2D eigenvalue weighted by atomic mass is 10.2. The molecule has 4 rings (SSSR count). The summed E-state index contributed by atoms with van der Waals surface area (Å²) in [5, 5.41) is 8.68. The molecule has 0 aromatic carbocycles. The summed E-state index contributed by atoms with van der Waals surface area (Å²) in [6, 6.07) is 9.74. The molecular formula is C17H16BrN7. The van der Waals surface area contributed by atoms with Gasteiger partial charge in [0.15, 0.2) is 5.82 Å². The number of anilines is 2. The first-order chi connectivity index (χ1) is 12.3. The first-order valence-electron chi connectivity index (χ1n) is 8.02. The number of hydrogen-bond donors (Lipinski definition) is 0. The number of nitrogens with zero attached hydrogens (tertiary/aromatic N) is 7. The molecule has 0 bridgehead atoms. The maximum atomic E-state index is 4.37. The molecular weight excluding hydrogens is 382 g/mol. The van der Waals surface area contributed by atoms with Gasteiger partial charge in [-0.3, -0.25) is 4.98 Å². The number of pyridine rings is 1. The van der Waals surface area contributed by atoms with E-state index in [1.54, 1.807) is 18.6 Å². The second kappa shape index (κ2) is 7.10. The van der Waals surface area contributed by atoms with Crippen LogP contribution in [-0.2, 0) is 0 Å². The number of halogens is 1. The van der Waals surface area contributed by atoms with Crippen molar-refractivity contribution in [2.75, 3.05) is 36.0 Å². The minimum atomic E-state index is 0.763. The van der Waals surface area contributed by atoms with E-state index in [1.807, 2.05) is 30.3 Å². The van der Waals surface area contributed by atoms with Gasteiger partial charge in [-0.15, -0.1) is 10.2 Å². The summed E-state index contributed by atoms with van der Waals surface area (Å²) in [5.74, 6) is 1.65. The predicted molar refractivity (Wildman–Crippen MR) is 99.4 cm³/mol. The summed E-state index contributed by atoms with van der Waals surface area (Å²) < 4.78 is 0.887. The third-order valence-electron chi connectivity index (χ3n) is 4.07. The molecule has 3 aromatic rings. The highest BCUT2D eigenvalue weighted by atomic mass is 79.9. The summed E-state index contributed by atoms with van der Waals surface area (Å²) in [5.41, 5.74) is 1.62.